The fourth-order valence-corrected chi connectivity index (χ4v) is 4.53. The molecule has 7 nitrogen and oxygen atoms in total. The lowest BCUT2D eigenvalue weighted by atomic mass is 9.86. The summed E-state index contributed by atoms with van der Waals surface area (Å²) in [5.41, 5.74) is 2.02. The minimum absolute atomic E-state index is 0.0948. The van der Waals surface area contributed by atoms with Crippen molar-refractivity contribution in [1.29, 1.82) is 0 Å². The van der Waals surface area contributed by atoms with Crippen LogP contribution < -0.4 is 4.74 Å². The van der Waals surface area contributed by atoms with E-state index in [2.05, 4.69) is 38.9 Å². The van der Waals surface area contributed by atoms with Gasteiger partial charge in [-0.3, -0.25) is 4.98 Å². The Bertz CT molecular complexity index is 1010. The maximum Gasteiger partial charge on any atom is 0.395 e. The predicted octanol–water partition coefficient (Wildman–Crippen LogP) is 3.98. The average molecular weight is 463 g/mol. The van der Waals surface area contributed by atoms with Crippen molar-refractivity contribution in [3.63, 3.8) is 0 Å². The number of hydrogen-bond acceptors (Lipinski definition) is 7. The summed E-state index contributed by atoms with van der Waals surface area (Å²) in [7, 11) is 1.60. The monoisotopic (exact) mass is 462 g/mol. The van der Waals surface area contributed by atoms with Crippen LogP contribution in [-0.2, 0) is 0 Å². The van der Waals surface area contributed by atoms with Crippen LogP contribution in [-0.4, -0.2) is 71.6 Å². The fraction of sp³-hybridized carbons (Fsp3) is 0.565. The van der Waals surface area contributed by atoms with Gasteiger partial charge < -0.3 is 14.5 Å². The summed E-state index contributed by atoms with van der Waals surface area (Å²) >= 11 is 0. The van der Waals surface area contributed by atoms with Crippen molar-refractivity contribution in [3.8, 4) is 5.75 Å². The van der Waals surface area contributed by atoms with Gasteiger partial charge in [-0.1, -0.05) is 13.8 Å². The third kappa shape index (κ3) is 4.74. The molecule has 33 heavy (non-hydrogen) atoms. The Labute approximate surface area is 191 Å². The molecule has 1 saturated heterocycles. The highest BCUT2D eigenvalue weighted by Crippen LogP contribution is 2.37. The van der Waals surface area contributed by atoms with Crippen LogP contribution in [0.2, 0.25) is 0 Å². The first-order chi connectivity index (χ1) is 15.7. The van der Waals surface area contributed by atoms with Gasteiger partial charge >= 0.3 is 6.18 Å². The Morgan fingerprint density at radius 2 is 1.70 bits per heavy atom. The van der Waals surface area contributed by atoms with Gasteiger partial charge in [-0.2, -0.15) is 18.3 Å². The molecule has 0 aliphatic carbocycles. The van der Waals surface area contributed by atoms with Crippen molar-refractivity contribution in [2.24, 2.45) is 32.9 Å². The van der Waals surface area contributed by atoms with Crippen molar-refractivity contribution in [1.82, 2.24) is 14.8 Å². The highest BCUT2D eigenvalue weighted by atomic mass is 19.4. The van der Waals surface area contributed by atoms with Gasteiger partial charge in [-0.05, 0) is 18.6 Å². The van der Waals surface area contributed by atoms with Crippen LogP contribution in [0, 0.1) is 17.8 Å². The summed E-state index contributed by atoms with van der Waals surface area (Å²) in [6, 6.07) is 1.91. The normalized spacial score (nSPS) is 26.3. The second-order valence-corrected chi connectivity index (χ2v) is 8.83. The zero-order chi connectivity index (χ0) is 23.8. The summed E-state index contributed by atoms with van der Waals surface area (Å²) in [5, 5.41) is 9.06. The first-order valence-electron chi connectivity index (χ1n) is 11.1. The van der Waals surface area contributed by atoms with E-state index in [9.17, 15) is 13.2 Å². The molecule has 0 aromatic carbocycles. The molecular formula is C23H29F3N6O. The molecule has 0 saturated carbocycles. The summed E-state index contributed by atoms with van der Waals surface area (Å²) in [6.07, 6.45) is 0.434. The lowest BCUT2D eigenvalue weighted by molar-refractivity contribution is -0.162. The lowest BCUT2D eigenvalue weighted by Gasteiger charge is -2.41. The second kappa shape index (κ2) is 9.15. The van der Waals surface area contributed by atoms with Crippen LogP contribution in [0.15, 0.2) is 45.4 Å². The van der Waals surface area contributed by atoms with E-state index in [0.29, 0.717) is 37.8 Å². The fourth-order valence-electron chi connectivity index (χ4n) is 4.53. The first-order valence-corrected chi connectivity index (χ1v) is 11.1. The first kappa shape index (κ1) is 23.3. The van der Waals surface area contributed by atoms with Gasteiger partial charge in [-0.15, -0.1) is 5.10 Å². The molecule has 0 amide bonds. The third-order valence-electron chi connectivity index (χ3n) is 6.81. The molecule has 3 atom stereocenters. The summed E-state index contributed by atoms with van der Waals surface area (Å²) in [6.45, 7) is 8.29. The van der Waals surface area contributed by atoms with E-state index in [-0.39, 0.29) is 23.8 Å². The minimum atomic E-state index is -4.25. The molecule has 1 fully saturated rings. The van der Waals surface area contributed by atoms with Crippen LogP contribution in [0.3, 0.4) is 0 Å². The predicted molar refractivity (Wildman–Crippen MR) is 122 cm³/mol. The summed E-state index contributed by atoms with van der Waals surface area (Å²) in [5.74, 6) is 0.918. The number of amidine groups is 2. The summed E-state index contributed by atoms with van der Waals surface area (Å²) in [4.78, 5) is 12.7. The highest BCUT2D eigenvalue weighted by molar-refractivity contribution is 6.06. The van der Waals surface area contributed by atoms with E-state index < -0.39 is 12.1 Å². The SMILES string of the molecule is COc1cncc(C2=NN=C(N3CCN(C4=NC=C(C)C(C(F)(F)F)C4)CC3)C(C)C2C)c1. The Morgan fingerprint density at radius 1 is 1.00 bits per heavy atom. The Hall–Kier alpha value is -2.91. The van der Waals surface area contributed by atoms with Gasteiger partial charge in [0, 0.05) is 62.4 Å². The third-order valence-corrected chi connectivity index (χ3v) is 6.81. The van der Waals surface area contributed by atoms with Gasteiger partial charge in [0.15, 0.2) is 0 Å². The molecular weight excluding hydrogens is 433 g/mol. The molecule has 4 heterocycles. The zero-order valence-electron chi connectivity index (χ0n) is 19.3. The molecule has 0 N–H and O–H groups in total. The smallest absolute Gasteiger partial charge is 0.395 e. The van der Waals surface area contributed by atoms with Crippen molar-refractivity contribution >= 4 is 17.4 Å². The summed E-state index contributed by atoms with van der Waals surface area (Å²) < 4.78 is 45.3. The topological polar surface area (TPSA) is 65.7 Å². The number of allylic oxidation sites excluding steroid dienone is 1. The average Bonchev–Trinajstić information content (AvgIpc) is 2.80. The van der Waals surface area contributed by atoms with Crippen LogP contribution in [0.5, 0.6) is 5.75 Å². The van der Waals surface area contributed by atoms with Gasteiger partial charge in [0.2, 0.25) is 0 Å². The van der Waals surface area contributed by atoms with Crippen molar-refractivity contribution in [2.45, 2.75) is 33.4 Å². The van der Waals surface area contributed by atoms with E-state index in [4.69, 9.17) is 4.74 Å². The van der Waals surface area contributed by atoms with E-state index in [1.165, 1.54) is 13.1 Å². The number of pyridine rings is 1. The van der Waals surface area contributed by atoms with E-state index >= 15 is 0 Å². The van der Waals surface area contributed by atoms with E-state index in [1.54, 1.807) is 19.5 Å². The molecule has 0 bridgehead atoms. The maximum absolute atomic E-state index is 13.4. The number of hydrogen-bond donors (Lipinski definition) is 0. The lowest BCUT2D eigenvalue weighted by Crippen LogP contribution is -2.53. The molecule has 0 radical (unpaired) electrons. The van der Waals surface area contributed by atoms with Gasteiger partial charge in [-0.25, -0.2) is 4.99 Å². The Morgan fingerprint density at radius 3 is 2.36 bits per heavy atom. The number of methoxy groups -OCH3 is 1. The largest absolute Gasteiger partial charge is 0.495 e. The molecule has 1 aromatic rings. The molecule has 0 spiro atoms. The zero-order valence-corrected chi connectivity index (χ0v) is 19.3. The quantitative estimate of drug-likeness (QED) is 0.667. The standard InChI is InChI=1S/C23H29F3N6O/c1-14-11-28-20(10-19(14)23(24,25)26)31-5-7-32(8-6-31)22-16(3)15(2)21(29-30-22)17-9-18(33-4)13-27-12-17/h9,11-13,15-16,19H,5-8,10H2,1-4H3. The Kier molecular flexibility index (Phi) is 6.45. The van der Waals surface area contributed by atoms with Crippen LogP contribution in [0.4, 0.5) is 13.2 Å². The number of aliphatic imine (C=N–C) groups is 1. The van der Waals surface area contributed by atoms with E-state index in [0.717, 1.165) is 17.1 Å². The number of alkyl halides is 3. The number of halogens is 3. The van der Waals surface area contributed by atoms with Gasteiger partial charge in [0.25, 0.3) is 0 Å². The van der Waals surface area contributed by atoms with Crippen molar-refractivity contribution in [3.05, 3.63) is 35.8 Å². The number of nitrogens with zero attached hydrogens (tertiary/aromatic N) is 6. The maximum atomic E-state index is 13.4. The Balaban J connectivity index is 1.45. The van der Waals surface area contributed by atoms with E-state index in [1.807, 2.05) is 11.0 Å². The van der Waals surface area contributed by atoms with Crippen molar-refractivity contribution in [2.75, 3.05) is 33.3 Å². The van der Waals surface area contributed by atoms with Crippen LogP contribution in [0.1, 0.15) is 32.8 Å². The van der Waals surface area contributed by atoms with Gasteiger partial charge in [0.1, 0.15) is 17.4 Å². The second-order valence-electron chi connectivity index (χ2n) is 8.83. The van der Waals surface area contributed by atoms with Crippen LogP contribution in [0.25, 0.3) is 0 Å². The van der Waals surface area contributed by atoms with Gasteiger partial charge in [0.05, 0.1) is 24.9 Å². The molecule has 3 aliphatic heterocycles. The minimum Gasteiger partial charge on any atom is -0.495 e. The number of ether oxygens (including phenoxy) is 1. The highest BCUT2D eigenvalue weighted by Gasteiger charge is 2.43. The number of aromatic nitrogens is 1. The van der Waals surface area contributed by atoms with Crippen LogP contribution >= 0.6 is 0 Å². The molecule has 4 rings (SSSR count). The molecule has 178 valence electrons. The number of rotatable bonds is 2. The van der Waals surface area contributed by atoms with Crippen molar-refractivity contribution < 1.29 is 17.9 Å². The molecule has 1 aromatic heterocycles. The molecule has 10 heteroatoms. The molecule has 3 aliphatic rings. The molecule has 3 unspecified atom stereocenters. The number of piperazine rings is 1.